The van der Waals surface area contributed by atoms with Crippen LogP contribution >= 0.6 is 0 Å². The molecule has 0 spiro atoms. The lowest BCUT2D eigenvalue weighted by molar-refractivity contribution is -0.139. The van der Waals surface area contributed by atoms with Gasteiger partial charge in [-0.3, -0.25) is 10.1 Å². The first-order valence-electron chi connectivity index (χ1n) is 15.7. The standard InChI is InChI=1S/C33H47N7O5/c1-5-7-12-24(6-2)22-45-30(42)26(21-34)19-25-13-15-27(16-14-25)37-32(43)35-17-10-8-9-11-18-36-33(44)40-31-38-28(23(3)4)20-29(41)39-31/h13-16,19-20,23-24H,5-12,17-18,22H2,1-4H3,(H2,35,37,43)(H3,36,38,39,40,41,44)/b26-19+. The van der Waals surface area contributed by atoms with Crippen LogP contribution in [0, 0.1) is 17.2 Å². The van der Waals surface area contributed by atoms with Crippen molar-refractivity contribution in [1.82, 2.24) is 20.6 Å². The maximum Gasteiger partial charge on any atom is 0.348 e. The molecule has 0 saturated heterocycles. The number of anilines is 2. The van der Waals surface area contributed by atoms with Crippen LogP contribution in [0.15, 0.2) is 40.7 Å². The number of H-pyrrole nitrogens is 1. The number of esters is 1. The van der Waals surface area contributed by atoms with Gasteiger partial charge in [-0.2, -0.15) is 10.2 Å². The van der Waals surface area contributed by atoms with Crippen LogP contribution in [0.2, 0.25) is 0 Å². The SMILES string of the molecule is CCCCC(CC)COC(=O)/C(C#N)=C/c1ccc(NC(=O)NCCCCCCNC(=O)Nc2nc(=O)cc(C(C)C)[nH]2)cc1. The number of benzene rings is 1. The first-order valence-corrected chi connectivity index (χ1v) is 15.7. The highest BCUT2D eigenvalue weighted by Crippen LogP contribution is 2.16. The molecule has 0 aliphatic heterocycles. The van der Waals surface area contributed by atoms with Crippen molar-refractivity contribution >= 4 is 35.7 Å². The Morgan fingerprint density at radius 1 is 0.978 bits per heavy atom. The highest BCUT2D eigenvalue weighted by atomic mass is 16.5. The Morgan fingerprint density at radius 3 is 2.20 bits per heavy atom. The summed E-state index contributed by atoms with van der Waals surface area (Å²) in [4.78, 5) is 55.1. The molecule has 0 bridgehead atoms. The van der Waals surface area contributed by atoms with Crippen molar-refractivity contribution in [2.24, 2.45) is 5.92 Å². The van der Waals surface area contributed by atoms with E-state index < -0.39 is 17.6 Å². The Morgan fingerprint density at radius 2 is 1.62 bits per heavy atom. The van der Waals surface area contributed by atoms with E-state index in [9.17, 15) is 24.4 Å². The third kappa shape index (κ3) is 14.6. The number of hydrogen-bond acceptors (Lipinski definition) is 7. The fraction of sp³-hybridized carbons (Fsp3) is 0.515. The molecule has 1 heterocycles. The largest absolute Gasteiger partial charge is 0.461 e. The molecular weight excluding hydrogens is 574 g/mol. The third-order valence-electron chi connectivity index (χ3n) is 7.11. The molecule has 2 rings (SSSR count). The van der Waals surface area contributed by atoms with Crippen LogP contribution in [-0.2, 0) is 9.53 Å². The fourth-order valence-electron chi connectivity index (χ4n) is 4.32. The molecule has 0 fully saturated rings. The Bertz CT molecular complexity index is 1360. The average molecular weight is 622 g/mol. The molecule has 0 saturated carbocycles. The highest BCUT2D eigenvalue weighted by Gasteiger charge is 2.14. The number of nitrogens with one attached hydrogen (secondary N) is 5. The van der Waals surface area contributed by atoms with Gasteiger partial charge in [-0.1, -0.05) is 71.9 Å². The molecular formula is C33H47N7O5. The molecule has 5 N–H and O–H groups in total. The van der Waals surface area contributed by atoms with Gasteiger partial charge in [-0.25, -0.2) is 14.4 Å². The number of aromatic nitrogens is 2. The van der Waals surface area contributed by atoms with Crippen LogP contribution in [0.3, 0.4) is 0 Å². The maximum absolute atomic E-state index is 12.4. The summed E-state index contributed by atoms with van der Waals surface area (Å²) in [6.07, 6.45) is 8.84. The number of rotatable bonds is 18. The molecule has 0 aliphatic carbocycles. The fourth-order valence-corrected chi connectivity index (χ4v) is 4.32. The smallest absolute Gasteiger partial charge is 0.348 e. The number of ether oxygens (including phenoxy) is 1. The van der Waals surface area contributed by atoms with Gasteiger partial charge in [0.15, 0.2) is 0 Å². The predicted molar refractivity (Wildman–Crippen MR) is 176 cm³/mol. The number of carbonyl (C=O) groups excluding carboxylic acids is 3. The lowest BCUT2D eigenvalue weighted by atomic mass is 10.0. The maximum atomic E-state index is 12.4. The second kappa shape index (κ2) is 20.3. The number of unbranched alkanes of at least 4 members (excludes halogenated alkanes) is 4. The van der Waals surface area contributed by atoms with Crippen LogP contribution in [-0.4, -0.2) is 47.7 Å². The highest BCUT2D eigenvalue weighted by molar-refractivity contribution is 5.98. The monoisotopic (exact) mass is 621 g/mol. The lowest BCUT2D eigenvalue weighted by Gasteiger charge is -2.14. The second-order valence-electron chi connectivity index (χ2n) is 11.2. The minimum absolute atomic E-state index is 0.0694. The van der Waals surface area contributed by atoms with Gasteiger partial charge in [-0.15, -0.1) is 0 Å². The summed E-state index contributed by atoms with van der Waals surface area (Å²) >= 11 is 0. The molecule has 12 nitrogen and oxygen atoms in total. The summed E-state index contributed by atoms with van der Waals surface area (Å²) in [5, 5.41) is 20.3. The molecule has 1 aromatic carbocycles. The summed E-state index contributed by atoms with van der Waals surface area (Å²) in [5.41, 5.74) is 1.44. The molecule has 1 atom stereocenters. The van der Waals surface area contributed by atoms with Crippen LogP contribution in [0.25, 0.3) is 6.08 Å². The van der Waals surface area contributed by atoms with Gasteiger partial charge in [0.05, 0.1) is 6.61 Å². The van der Waals surface area contributed by atoms with Crippen LogP contribution in [0.5, 0.6) is 0 Å². The summed E-state index contributed by atoms with van der Waals surface area (Å²) < 4.78 is 5.38. The summed E-state index contributed by atoms with van der Waals surface area (Å²) in [7, 11) is 0. The summed E-state index contributed by atoms with van der Waals surface area (Å²) in [6.45, 7) is 9.32. The molecule has 12 heteroatoms. The van der Waals surface area contributed by atoms with E-state index in [-0.39, 0.29) is 23.5 Å². The number of aromatic amines is 1. The van der Waals surface area contributed by atoms with Crippen molar-refractivity contribution in [2.45, 2.75) is 85.0 Å². The van der Waals surface area contributed by atoms with E-state index in [1.165, 1.54) is 12.1 Å². The van der Waals surface area contributed by atoms with E-state index in [0.717, 1.165) is 51.4 Å². The first kappa shape index (κ1) is 36.5. The van der Waals surface area contributed by atoms with Crippen molar-refractivity contribution < 1.29 is 19.1 Å². The predicted octanol–water partition coefficient (Wildman–Crippen LogP) is 6.06. The minimum Gasteiger partial charge on any atom is -0.461 e. The van der Waals surface area contributed by atoms with Crippen LogP contribution < -0.4 is 26.8 Å². The average Bonchev–Trinajstić information content (AvgIpc) is 3.01. The molecule has 1 unspecified atom stereocenters. The number of amides is 4. The van der Waals surface area contributed by atoms with Gasteiger partial charge in [-0.05, 0) is 54.9 Å². The van der Waals surface area contributed by atoms with Crippen molar-refractivity contribution in [3.8, 4) is 6.07 Å². The Hall–Kier alpha value is -4.66. The normalized spacial score (nSPS) is 11.8. The van der Waals surface area contributed by atoms with Gasteiger partial charge in [0, 0.05) is 30.5 Å². The van der Waals surface area contributed by atoms with Gasteiger partial charge >= 0.3 is 18.0 Å². The zero-order chi connectivity index (χ0) is 33.0. The molecule has 1 aromatic heterocycles. The van der Waals surface area contributed by atoms with Crippen LogP contribution in [0.4, 0.5) is 21.2 Å². The van der Waals surface area contributed by atoms with Gasteiger partial charge < -0.3 is 25.7 Å². The van der Waals surface area contributed by atoms with Gasteiger partial charge in [0.2, 0.25) is 5.95 Å². The molecule has 0 radical (unpaired) electrons. The molecule has 0 aliphatic rings. The summed E-state index contributed by atoms with van der Waals surface area (Å²) in [5.74, 6) is -0.123. The van der Waals surface area contributed by atoms with E-state index in [1.807, 2.05) is 19.9 Å². The zero-order valence-electron chi connectivity index (χ0n) is 26.8. The molecule has 4 amide bonds. The number of hydrogen-bond donors (Lipinski definition) is 5. The number of carbonyl (C=O) groups is 3. The van der Waals surface area contributed by atoms with E-state index in [4.69, 9.17) is 4.74 Å². The zero-order valence-corrected chi connectivity index (χ0v) is 26.8. The van der Waals surface area contributed by atoms with Crippen LogP contribution in [0.1, 0.15) is 96.2 Å². The number of urea groups is 2. The van der Waals surface area contributed by atoms with Crippen molar-refractivity contribution in [3.63, 3.8) is 0 Å². The van der Waals surface area contributed by atoms with E-state index in [2.05, 4.69) is 45.1 Å². The lowest BCUT2D eigenvalue weighted by Crippen LogP contribution is -2.31. The van der Waals surface area contributed by atoms with Gasteiger partial charge in [0.25, 0.3) is 5.56 Å². The van der Waals surface area contributed by atoms with Gasteiger partial charge in [0.1, 0.15) is 11.6 Å². The first-order chi connectivity index (χ1) is 21.6. The summed E-state index contributed by atoms with van der Waals surface area (Å²) in [6, 6.07) is 9.38. The minimum atomic E-state index is -0.629. The van der Waals surface area contributed by atoms with E-state index >= 15 is 0 Å². The van der Waals surface area contributed by atoms with E-state index in [1.54, 1.807) is 24.3 Å². The van der Waals surface area contributed by atoms with Crippen molar-refractivity contribution in [1.29, 1.82) is 5.26 Å². The van der Waals surface area contributed by atoms with Crippen molar-refractivity contribution in [3.05, 3.63) is 57.5 Å². The quantitative estimate of drug-likeness (QED) is 0.0581. The second-order valence-corrected chi connectivity index (χ2v) is 11.2. The Labute approximate surface area is 265 Å². The Balaban J connectivity index is 1.63. The number of nitrogens with zero attached hydrogens (tertiary/aromatic N) is 2. The topological polar surface area (TPSA) is 178 Å². The molecule has 2 aromatic rings. The number of nitriles is 1. The van der Waals surface area contributed by atoms with E-state index in [0.29, 0.717) is 42.6 Å². The Kier molecular flexibility index (Phi) is 16.5. The molecule has 244 valence electrons. The van der Waals surface area contributed by atoms with Crippen molar-refractivity contribution in [2.75, 3.05) is 30.3 Å². The molecule has 45 heavy (non-hydrogen) atoms. The third-order valence-corrected chi connectivity index (χ3v) is 7.11.